The predicted octanol–water partition coefficient (Wildman–Crippen LogP) is 2.71. The highest BCUT2D eigenvalue weighted by atomic mass is 35.5. The molecular formula is C9H10ClNO. The Hall–Kier alpha value is -1.02. The second kappa shape index (κ2) is 4.12. The summed E-state index contributed by atoms with van der Waals surface area (Å²) in [5.74, 6) is 0. The van der Waals surface area contributed by atoms with Crippen LogP contribution in [-0.4, -0.2) is 12.8 Å². The van der Waals surface area contributed by atoms with Crippen LogP contribution in [0.15, 0.2) is 29.4 Å². The number of rotatable bonds is 2. The molecule has 0 aliphatic heterocycles. The molecule has 0 heterocycles. The third-order valence-electron chi connectivity index (χ3n) is 1.47. The van der Waals surface area contributed by atoms with E-state index >= 15 is 0 Å². The van der Waals surface area contributed by atoms with Crippen molar-refractivity contribution in [3.63, 3.8) is 0 Å². The van der Waals surface area contributed by atoms with Crippen molar-refractivity contribution in [1.29, 1.82) is 0 Å². The topological polar surface area (TPSA) is 21.6 Å². The van der Waals surface area contributed by atoms with Gasteiger partial charge in [0.1, 0.15) is 7.11 Å². The van der Waals surface area contributed by atoms with Crippen LogP contribution in [0.5, 0.6) is 0 Å². The summed E-state index contributed by atoms with van der Waals surface area (Å²) in [5, 5.41) is 4.50. The highest BCUT2D eigenvalue weighted by molar-refractivity contribution is 6.31. The smallest absolute Gasteiger partial charge is 0.106 e. The van der Waals surface area contributed by atoms with E-state index in [1.165, 1.54) is 7.11 Å². The van der Waals surface area contributed by atoms with E-state index in [0.717, 1.165) is 11.3 Å². The summed E-state index contributed by atoms with van der Waals surface area (Å²) >= 11 is 5.79. The molecule has 0 aliphatic carbocycles. The minimum absolute atomic E-state index is 0.707. The van der Waals surface area contributed by atoms with Crippen molar-refractivity contribution in [2.45, 2.75) is 6.92 Å². The number of hydrogen-bond donors (Lipinski definition) is 0. The van der Waals surface area contributed by atoms with Gasteiger partial charge in [-0.3, -0.25) is 0 Å². The molecule has 3 heteroatoms. The molecule has 0 fully saturated rings. The second-order valence-corrected chi connectivity index (χ2v) is 2.81. The summed E-state index contributed by atoms with van der Waals surface area (Å²) in [7, 11) is 1.52. The van der Waals surface area contributed by atoms with E-state index in [1.54, 1.807) is 0 Å². The summed E-state index contributed by atoms with van der Waals surface area (Å²) in [6.45, 7) is 1.87. The monoisotopic (exact) mass is 183 g/mol. The van der Waals surface area contributed by atoms with Crippen LogP contribution >= 0.6 is 11.6 Å². The average Bonchev–Trinajstić information content (AvgIpc) is 2.05. The summed E-state index contributed by atoms with van der Waals surface area (Å²) in [6.07, 6.45) is 0. The fourth-order valence-electron chi connectivity index (χ4n) is 0.903. The van der Waals surface area contributed by atoms with Crippen molar-refractivity contribution in [3.8, 4) is 0 Å². The van der Waals surface area contributed by atoms with Crippen molar-refractivity contribution in [2.24, 2.45) is 5.16 Å². The van der Waals surface area contributed by atoms with E-state index in [1.807, 2.05) is 31.2 Å². The second-order valence-electron chi connectivity index (χ2n) is 2.37. The van der Waals surface area contributed by atoms with Crippen molar-refractivity contribution in [3.05, 3.63) is 34.9 Å². The first-order chi connectivity index (χ1) is 5.74. The first-order valence-electron chi connectivity index (χ1n) is 3.57. The van der Waals surface area contributed by atoms with Crippen molar-refractivity contribution in [2.75, 3.05) is 7.11 Å². The first kappa shape index (κ1) is 9.07. The lowest BCUT2D eigenvalue weighted by Gasteiger charge is -1.99. The van der Waals surface area contributed by atoms with Crippen LogP contribution in [0.1, 0.15) is 12.5 Å². The van der Waals surface area contributed by atoms with E-state index in [0.29, 0.717) is 5.02 Å². The minimum Gasteiger partial charge on any atom is -0.399 e. The van der Waals surface area contributed by atoms with E-state index in [-0.39, 0.29) is 0 Å². The molecule has 0 unspecified atom stereocenters. The molecule has 0 atom stereocenters. The SMILES string of the molecule is CO/N=C(\C)c1cccc(Cl)c1. The largest absolute Gasteiger partial charge is 0.399 e. The average molecular weight is 184 g/mol. The Kier molecular flexibility index (Phi) is 3.11. The number of benzene rings is 1. The molecule has 12 heavy (non-hydrogen) atoms. The van der Waals surface area contributed by atoms with Gasteiger partial charge in [-0.15, -0.1) is 0 Å². The molecule has 0 N–H and O–H groups in total. The molecule has 0 aromatic heterocycles. The zero-order valence-electron chi connectivity index (χ0n) is 7.04. The number of halogens is 1. The van der Waals surface area contributed by atoms with Crippen LogP contribution in [0.25, 0.3) is 0 Å². The maximum Gasteiger partial charge on any atom is 0.106 e. The normalized spacial score (nSPS) is 11.4. The lowest BCUT2D eigenvalue weighted by Crippen LogP contribution is -1.94. The van der Waals surface area contributed by atoms with Crippen molar-refractivity contribution < 1.29 is 4.84 Å². The zero-order chi connectivity index (χ0) is 8.97. The van der Waals surface area contributed by atoms with Gasteiger partial charge in [0, 0.05) is 10.6 Å². The molecule has 0 bridgehead atoms. The van der Waals surface area contributed by atoms with Crippen LogP contribution in [0.2, 0.25) is 5.02 Å². The molecule has 0 saturated carbocycles. The summed E-state index contributed by atoms with van der Waals surface area (Å²) in [6, 6.07) is 7.49. The van der Waals surface area contributed by atoms with Crippen LogP contribution < -0.4 is 0 Å². The zero-order valence-corrected chi connectivity index (χ0v) is 7.80. The molecule has 64 valence electrons. The lowest BCUT2D eigenvalue weighted by atomic mass is 10.1. The van der Waals surface area contributed by atoms with Crippen molar-refractivity contribution >= 4 is 17.3 Å². The Morgan fingerprint density at radius 2 is 2.25 bits per heavy atom. The molecule has 1 aromatic rings. The Morgan fingerprint density at radius 3 is 2.83 bits per heavy atom. The Morgan fingerprint density at radius 1 is 1.50 bits per heavy atom. The Balaban J connectivity index is 2.95. The van der Waals surface area contributed by atoms with Gasteiger partial charge >= 0.3 is 0 Å². The van der Waals surface area contributed by atoms with Gasteiger partial charge in [0.2, 0.25) is 0 Å². The minimum atomic E-state index is 0.707. The molecule has 0 aliphatic rings. The van der Waals surface area contributed by atoms with Gasteiger partial charge in [0.05, 0.1) is 5.71 Å². The fraction of sp³-hybridized carbons (Fsp3) is 0.222. The van der Waals surface area contributed by atoms with Crippen LogP contribution in [0.3, 0.4) is 0 Å². The van der Waals surface area contributed by atoms with Crippen LogP contribution in [0.4, 0.5) is 0 Å². The maximum absolute atomic E-state index is 5.79. The first-order valence-corrected chi connectivity index (χ1v) is 3.95. The van der Waals surface area contributed by atoms with E-state index in [9.17, 15) is 0 Å². The molecule has 0 radical (unpaired) electrons. The van der Waals surface area contributed by atoms with Gasteiger partial charge in [-0.1, -0.05) is 28.9 Å². The standard InChI is InChI=1S/C9H10ClNO/c1-7(11-12-2)8-4-3-5-9(10)6-8/h3-6H,1-2H3/b11-7+. The highest BCUT2D eigenvalue weighted by Gasteiger charge is 1.97. The van der Waals surface area contributed by atoms with Gasteiger partial charge in [0.25, 0.3) is 0 Å². The third kappa shape index (κ3) is 2.24. The van der Waals surface area contributed by atoms with E-state index in [4.69, 9.17) is 11.6 Å². The molecule has 0 amide bonds. The molecule has 0 saturated heterocycles. The molecule has 1 rings (SSSR count). The Labute approximate surface area is 76.8 Å². The highest BCUT2D eigenvalue weighted by Crippen LogP contribution is 2.11. The fourth-order valence-corrected chi connectivity index (χ4v) is 1.09. The van der Waals surface area contributed by atoms with Gasteiger partial charge in [-0.2, -0.15) is 0 Å². The molecular weight excluding hydrogens is 174 g/mol. The number of oxime groups is 1. The Bertz CT molecular complexity index is 296. The van der Waals surface area contributed by atoms with E-state index < -0.39 is 0 Å². The summed E-state index contributed by atoms with van der Waals surface area (Å²) in [4.78, 5) is 4.64. The maximum atomic E-state index is 5.79. The summed E-state index contributed by atoms with van der Waals surface area (Å²) < 4.78 is 0. The summed E-state index contributed by atoms with van der Waals surface area (Å²) in [5.41, 5.74) is 1.80. The predicted molar refractivity (Wildman–Crippen MR) is 50.7 cm³/mol. The third-order valence-corrected chi connectivity index (χ3v) is 1.71. The van der Waals surface area contributed by atoms with Gasteiger partial charge in [-0.05, 0) is 19.1 Å². The van der Waals surface area contributed by atoms with Gasteiger partial charge < -0.3 is 4.84 Å². The van der Waals surface area contributed by atoms with Gasteiger partial charge in [0.15, 0.2) is 0 Å². The van der Waals surface area contributed by atoms with Crippen LogP contribution in [-0.2, 0) is 4.84 Å². The molecule has 1 aromatic carbocycles. The van der Waals surface area contributed by atoms with Crippen molar-refractivity contribution in [1.82, 2.24) is 0 Å². The van der Waals surface area contributed by atoms with Crippen LogP contribution in [0, 0.1) is 0 Å². The van der Waals surface area contributed by atoms with E-state index in [2.05, 4.69) is 9.99 Å². The lowest BCUT2D eigenvalue weighted by molar-refractivity contribution is 0.213. The van der Waals surface area contributed by atoms with Gasteiger partial charge in [-0.25, -0.2) is 0 Å². The number of nitrogens with zero attached hydrogens (tertiary/aromatic N) is 1. The molecule has 2 nitrogen and oxygen atoms in total. The quantitative estimate of drug-likeness (QED) is 0.510. The molecule has 0 spiro atoms. The number of hydrogen-bond acceptors (Lipinski definition) is 2.